The number of furan rings is 1. The second kappa shape index (κ2) is 5.00. The largest absolute Gasteiger partial charge is 0.472 e. The van der Waals surface area contributed by atoms with Crippen molar-refractivity contribution in [3.05, 3.63) is 24.2 Å². The van der Waals surface area contributed by atoms with Gasteiger partial charge in [0.15, 0.2) is 0 Å². The molecule has 1 nitrogen and oxygen atoms in total. The van der Waals surface area contributed by atoms with E-state index >= 15 is 0 Å². The van der Waals surface area contributed by atoms with E-state index in [1.54, 1.807) is 6.26 Å². The van der Waals surface area contributed by atoms with Gasteiger partial charge in [0.2, 0.25) is 0 Å². The third-order valence-electron chi connectivity index (χ3n) is 1.90. The molecular weight excluding hydrogens is 136 g/mol. The number of hydrogen-bond donors (Lipinski definition) is 0. The summed E-state index contributed by atoms with van der Waals surface area (Å²) < 4.78 is 4.97. The molecule has 0 spiro atoms. The fraction of sp³-hybridized carbons (Fsp3) is 0.600. The molecular formula is C10H16O. The van der Waals surface area contributed by atoms with Crippen LogP contribution >= 0.6 is 0 Å². The van der Waals surface area contributed by atoms with Crippen LogP contribution in [0.2, 0.25) is 0 Å². The lowest BCUT2D eigenvalue weighted by molar-refractivity contribution is 0.561. The molecule has 1 aromatic rings. The Balaban J connectivity index is 2.04. The van der Waals surface area contributed by atoms with Gasteiger partial charge < -0.3 is 4.42 Å². The summed E-state index contributed by atoms with van der Waals surface area (Å²) in [5.74, 6) is 0. The summed E-state index contributed by atoms with van der Waals surface area (Å²) in [6.45, 7) is 2.23. The smallest absolute Gasteiger partial charge is 0.0934 e. The average Bonchev–Trinajstić information content (AvgIpc) is 2.50. The third kappa shape index (κ3) is 3.26. The first-order chi connectivity index (χ1) is 5.43. The van der Waals surface area contributed by atoms with Crippen molar-refractivity contribution in [3.63, 3.8) is 0 Å². The fourth-order valence-corrected chi connectivity index (χ4v) is 1.19. The Bertz CT molecular complexity index is 165. The van der Waals surface area contributed by atoms with Gasteiger partial charge >= 0.3 is 0 Å². The lowest BCUT2D eigenvalue weighted by Crippen LogP contribution is -1.81. The van der Waals surface area contributed by atoms with Gasteiger partial charge in [-0.1, -0.05) is 26.2 Å². The molecule has 11 heavy (non-hydrogen) atoms. The summed E-state index contributed by atoms with van der Waals surface area (Å²) in [5, 5.41) is 0. The van der Waals surface area contributed by atoms with E-state index in [0.29, 0.717) is 0 Å². The van der Waals surface area contributed by atoms with Gasteiger partial charge in [0, 0.05) is 0 Å². The van der Waals surface area contributed by atoms with Gasteiger partial charge in [-0.15, -0.1) is 0 Å². The van der Waals surface area contributed by atoms with Crippen LogP contribution in [0.1, 0.15) is 38.2 Å². The highest BCUT2D eigenvalue weighted by Crippen LogP contribution is 2.07. The van der Waals surface area contributed by atoms with Gasteiger partial charge in [-0.2, -0.15) is 0 Å². The molecule has 1 heterocycles. The molecule has 0 N–H and O–H groups in total. The maximum atomic E-state index is 4.97. The number of hydrogen-bond acceptors (Lipinski definition) is 1. The van der Waals surface area contributed by atoms with Gasteiger partial charge in [0.05, 0.1) is 12.5 Å². The molecule has 0 amide bonds. The van der Waals surface area contributed by atoms with E-state index in [1.165, 1.54) is 37.7 Å². The van der Waals surface area contributed by atoms with Crippen LogP contribution in [0.3, 0.4) is 0 Å². The van der Waals surface area contributed by atoms with E-state index in [9.17, 15) is 0 Å². The topological polar surface area (TPSA) is 13.1 Å². The fourth-order valence-electron chi connectivity index (χ4n) is 1.19. The Morgan fingerprint density at radius 1 is 1.27 bits per heavy atom. The van der Waals surface area contributed by atoms with Crippen LogP contribution in [0.15, 0.2) is 23.0 Å². The zero-order chi connectivity index (χ0) is 7.94. The molecule has 1 rings (SSSR count). The lowest BCUT2D eigenvalue weighted by atomic mass is 10.1. The maximum absolute atomic E-state index is 4.97. The Hall–Kier alpha value is -0.720. The van der Waals surface area contributed by atoms with Crippen LogP contribution < -0.4 is 0 Å². The second-order valence-electron chi connectivity index (χ2n) is 2.94. The van der Waals surface area contributed by atoms with Crippen LogP contribution in [0, 0.1) is 0 Å². The predicted octanol–water partition coefficient (Wildman–Crippen LogP) is 3.40. The van der Waals surface area contributed by atoms with Gasteiger partial charge in [-0.05, 0) is 24.5 Å². The quantitative estimate of drug-likeness (QED) is 0.589. The van der Waals surface area contributed by atoms with Crippen LogP contribution in [0.4, 0.5) is 0 Å². The lowest BCUT2D eigenvalue weighted by Gasteiger charge is -1.95. The van der Waals surface area contributed by atoms with Crippen LogP contribution in [0.5, 0.6) is 0 Å². The first-order valence-electron chi connectivity index (χ1n) is 4.44. The molecule has 0 saturated carbocycles. The highest BCUT2D eigenvalue weighted by molar-refractivity contribution is 5.04. The molecule has 0 aliphatic heterocycles. The normalized spacial score (nSPS) is 10.3. The van der Waals surface area contributed by atoms with Gasteiger partial charge in [0.25, 0.3) is 0 Å². The zero-order valence-electron chi connectivity index (χ0n) is 7.18. The predicted molar refractivity (Wildman–Crippen MR) is 46.6 cm³/mol. The van der Waals surface area contributed by atoms with E-state index in [1.807, 2.05) is 12.3 Å². The van der Waals surface area contributed by atoms with Crippen LogP contribution in [0.25, 0.3) is 0 Å². The van der Waals surface area contributed by atoms with E-state index in [4.69, 9.17) is 4.42 Å². The third-order valence-corrected chi connectivity index (χ3v) is 1.90. The van der Waals surface area contributed by atoms with Gasteiger partial charge in [-0.3, -0.25) is 0 Å². The van der Waals surface area contributed by atoms with Crippen molar-refractivity contribution in [1.29, 1.82) is 0 Å². The molecule has 1 aromatic heterocycles. The summed E-state index contributed by atoms with van der Waals surface area (Å²) in [7, 11) is 0. The van der Waals surface area contributed by atoms with Crippen molar-refractivity contribution < 1.29 is 4.42 Å². The van der Waals surface area contributed by atoms with E-state index in [0.717, 1.165) is 0 Å². The first-order valence-corrected chi connectivity index (χ1v) is 4.44. The standard InChI is InChI=1S/C10H16O/c1-2-3-4-5-6-10-7-8-11-9-10/h7-9H,2-6H2,1H3. The molecule has 0 bridgehead atoms. The summed E-state index contributed by atoms with van der Waals surface area (Å²) in [6.07, 6.45) is 10.1. The number of rotatable bonds is 5. The van der Waals surface area contributed by atoms with Crippen molar-refractivity contribution in [1.82, 2.24) is 0 Å². The zero-order valence-corrected chi connectivity index (χ0v) is 7.18. The molecule has 0 unspecified atom stereocenters. The Morgan fingerprint density at radius 3 is 2.82 bits per heavy atom. The molecule has 62 valence electrons. The minimum atomic E-state index is 1.18. The Kier molecular flexibility index (Phi) is 3.81. The average molecular weight is 152 g/mol. The molecule has 0 radical (unpaired) electrons. The van der Waals surface area contributed by atoms with E-state index < -0.39 is 0 Å². The molecule has 0 aromatic carbocycles. The summed E-state index contributed by atoms with van der Waals surface area (Å²) in [5.41, 5.74) is 1.33. The molecule has 0 saturated heterocycles. The highest BCUT2D eigenvalue weighted by Gasteiger charge is 1.92. The van der Waals surface area contributed by atoms with Crippen molar-refractivity contribution in [2.45, 2.75) is 39.0 Å². The minimum absolute atomic E-state index is 1.18. The van der Waals surface area contributed by atoms with Gasteiger partial charge in [0.1, 0.15) is 0 Å². The van der Waals surface area contributed by atoms with Crippen LogP contribution in [-0.2, 0) is 6.42 Å². The van der Waals surface area contributed by atoms with Gasteiger partial charge in [-0.25, -0.2) is 0 Å². The minimum Gasteiger partial charge on any atom is -0.472 e. The van der Waals surface area contributed by atoms with Crippen LogP contribution in [-0.4, -0.2) is 0 Å². The first kappa shape index (κ1) is 8.38. The summed E-state index contributed by atoms with van der Waals surface area (Å²) >= 11 is 0. The van der Waals surface area contributed by atoms with E-state index in [2.05, 4.69) is 6.92 Å². The summed E-state index contributed by atoms with van der Waals surface area (Å²) in [6, 6.07) is 2.05. The number of aryl methyl sites for hydroxylation is 1. The van der Waals surface area contributed by atoms with Crippen molar-refractivity contribution in [3.8, 4) is 0 Å². The SMILES string of the molecule is CCCCCCc1ccoc1. The maximum Gasteiger partial charge on any atom is 0.0934 e. The Labute approximate surface area is 68.4 Å². The molecule has 0 atom stereocenters. The second-order valence-corrected chi connectivity index (χ2v) is 2.94. The highest BCUT2D eigenvalue weighted by atomic mass is 16.3. The molecule has 1 heteroatoms. The van der Waals surface area contributed by atoms with Crippen molar-refractivity contribution in [2.24, 2.45) is 0 Å². The number of unbranched alkanes of at least 4 members (excludes halogenated alkanes) is 3. The molecule has 0 aliphatic rings. The van der Waals surface area contributed by atoms with Crippen molar-refractivity contribution in [2.75, 3.05) is 0 Å². The molecule has 0 aliphatic carbocycles. The van der Waals surface area contributed by atoms with Crippen molar-refractivity contribution >= 4 is 0 Å². The monoisotopic (exact) mass is 152 g/mol. The van der Waals surface area contributed by atoms with E-state index in [-0.39, 0.29) is 0 Å². The summed E-state index contributed by atoms with van der Waals surface area (Å²) in [4.78, 5) is 0. The molecule has 0 fully saturated rings. The Morgan fingerprint density at radius 2 is 2.18 bits per heavy atom.